The van der Waals surface area contributed by atoms with Gasteiger partial charge in [0.05, 0.1) is 18.4 Å². The molecule has 0 spiro atoms. The quantitative estimate of drug-likeness (QED) is 0.332. The first-order valence-electron chi connectivity index (χ1n) is 5.04. The molecule has 0 saturated heterocycles. The van der Waals surface area contributed by atoms with E-state index < -0.39 is 0 Å². The highest BCUT2D eigenvalue weighted by atomic mass is 16.3. The first kappa shape index (κ1) is 10.9. The third-order valence-corrected chi connectivity index (χ3v) is 2.14. The summed E-state index contributed by atoms with van der Waals surface area (Å²) in [6.45, 7) is 0.183. The van der Waals surface area contributed by atoms with E-state index in [2.05, 4.69) is 21.9 Å². The van der Waals surface area contributed by atoms with Crippen LogP contribution in [0.15, 0.2) is 52.2 Å². The zero-order valence-corrected chi connectivity index (χ0v) is 9.00. The lowest BCUT2D eigenvalue weighted by Gasteiger charge is -1.89. The summed E-state index contributed by atoms with van der Waals surface area (Å²) in [5.41, 5.74) is 9.93. The van der Waals surface area contributed by atoms with Crippen molar-refractivity contribution in [1.29, 1.82) is 0 Å². The maximum atomic E-state index is 8.24. The smallest absolute Gasteiger partial charge is 0.125 e. The summed E-state index contributed by atoms with van der Waals surface area (Å²) < 4.78 is 5.19. The largest absolute Gasteiger partial charge is 0.468 e. The third-order valence-electron chi connectivity index (χ3n) is 2.14. The summed E-state index contributed by atoms with van der Waals surface area (Å²) in [6.07, 6.45) is 1.54. The van der Waals surface area contributed by atoms with E-state index in [1.54, 1.807) is 6.07 Å². The predicted octanol–water partition coefficient (Wildman–Crippen LogP) is 3.49. The SMILES string of the molecule is [N-]=[N+]=NCc1occc1C#Cc1ccccc1. The Bertz CT molecular complexity index is 598. The Kier molecular flexibility index (Phi) is 3.49. The number of rotatable bonds is 2. The highest BCUT2D eigenvalue weighted by Gasteiger charge is 2.01. The molecule has 1 heterocycles. The van der Waals surface area contributed by atoms with E-state index in [1.165, 1.54) is 6.26 Å². The Balaban J connectivity index is 2.22. The van der Waals surface area contributed by atoms with E-state index in [9.17, 15) is 0 Å². The van der Waals surface area contributed by atoms with E-state index in [4.69, 9.17) is 9.95 Å². The molecule has 1 aromatic carbocycles. The zero-order chi connectivity index (χ0) is 11.9. The molecule has 17 heavy (non-hydrogen) atoms. The lowest BCUT2D eigenvalue weighted by molar-refractivity contribution is 0.511. The second kappa shape index (κ2) is 5.45. The number of benzene rings is 1. The van der Waals surface area contributed by atoms with Crippen LogP contribution in [0.3, 0.4) is 0 Å². The molecule has 0 aliphatic carbocycles. The molecular weight excluding hydrogens is 214 g/mol. The lowest BCUT2D eigenvalue weighted by atomic mass is 10.2. The number of nitrogens with zero attached hydrogens (tertiary/aromatic N) is 3. The fourth-order valence-corrected chi connectivity index (χ4v) is 1.33. The summed E-state index contributed by atoms with van der Waals surface area (Å²) in [5.74, 6) is 6.60. The molecule has 0 bridgehead atoms. The standard InChI is InChI=1S/C13H9N3O/c14-16-15-10-13-12(8-9-17-13)7-6-11-4-2-1-3-5-11/h1-5,8-9H,10H2. The van der Waals surface area contributed by atoms with Crippen LogP contribution in [0.1, 0.15) is 16.9 Å². The molecule has 0 unspecified atom stereocenters. The van der Waals surface area contributed by atoms with Crippen LogP contribution in [0.4, 0.5) is 0 Å². The molecule has 0 aliphatic heterocycles. The molecule has 0 saturated carbocycles. The van der Waals surface area contributed by atoms with Crippen molar-refractivity contribution in [2.75, 3.05) is 0 Å². The Hall–Kier alpha value is -2.63. The first-order chi connectivity index (χ1) is 8.40. The van der Waals surface area contributed by atoms with Crippen LogP contribution in [-0.4, -0.2) is 0 Å². The summed E-state index contributed by atoms with van der Waals surface area (Å²) in [5, 5.41) is 3.45. The first-order valence-corrected chi connectivity index (χ1v) is 5.04. The van der Waals surface area contributed by atoms with Crippen LogP contribution in [-0.2, 0) is 6.54 Å². The Morgan fingerprint density at radius 1 is 1.18 bits per heavy atom. The van der Waals surface area contributed by atoms with Crippen molar-refractivity contribution < 1.29 is 4.42 Å². The molecule has 0 radical (unpaired) electrons. The van der Waals surface area contributed by atoms with Crippen molar-refractivity contribution in [3.05, 3.63) is 70.0 Å². The number of hydrogen-bond donors (Lipinski definition) is 0. The molecule has 2 aromatic rings. The summed E-state index contributed by atoms with van der Waals surface area (Å²) in [4.78, 5) is 2.69. The van der Waals surface area contributed by atoms with Gasteiger partial charge < -0.3 is 4.42 Å². The molecule has 0 fully saturated rings. The van der Waals surface area contributed by atoms with Gasteiger partial charge in [0.25, 0.3) is 0 Å². The summed E-state index contributed by atoms with van der Waals surface area (Å²) in [6, 6.07) is 11.4. The van der Waals surface area contributed by atoms with Crippen molar-refractivity contribution in [1.82, 2.24) is 0 Å². The van der Waals surface area contributed by atoms with Crippen molar-refractivity contribution in [3.63, 3.8) is 0 Å². The minimum absolute atomic E-state index is 0.183. The normalized spacial score (nSPS) is 8.94. The molecular formula is C13H9N3O. The summed E-state index contributed by atoms with van der Waals surface area (Å²) in [7, 11) is 0. The minimum Gasteiger partial charge on any atom is -0.468 e. The monoisotopic (exact) mass is 223 g/mol. The van der Waals surface area contributed by atoms with Gasteiger partial charge in [0.1, 0.15) is 5.76 Å². The highest BCUT2D eigenvalue weighted by Crippen LogP contribution is 2.10. The molecule has 82 valence electrons. The zero-order valence-electron chi connectivity index (χ0n) is 9.00. The van der Waals surface area contributed by atoms with Crippen molar-refractivity contribution in [2.24, 2.45) is 5.11 Å². The number of furan rings is 1. The molecule has 2 rings (SSSR count). The molecule has 4 nitrogen and oxygen atoms in total. The van der Waals surface area contributed by atoms with Crippen molar-refractivity contribution in [3.8, 4) is 11.8 Å². The van der Waals surface area contributed by atoms with Gasteiger partial charge in [-0.2, -0.15) is 0 Å². The molecule has 4 heteroatoms. The maximum Gasteiger partial charge on any atom is 0.125 e. The fourth-order valence-electron chi connectivity index (χ4n) is 1.33. The van der Waals surface area contributed by atoms with E-state index in [0.29, 0.717) is 5.76 Å². The number of hydrogen-bond acceptors (Lipinski definition) is 2. The van der Waals surface area contributed by atoms with Crippen LogP contribution < -0.4 is 0 Å². The van der Waals surface area contributed by atoms with Gasteiger partial charge >= 0.3 is 0 Å². The van der Waals surface area contributed by atoms with E-state index in [1.807, 2.05) is 30.3 Å². The van der Waals surface area contributed by atoms with Gasteiger partial charge in [-0.25, -0.2) is 0 Å². The van der Waals surface area contributed by atoms with Crippen LogP contribution in [0.5, 0.6) is 0 Å². The van der Waals surface area contributed by atoms with Crippen LogP contribution in [0.2, 0.25) is 0 Å². The predicted molar refractivity (Wildman–Crippen MR) is 64.0 cm³/mol. The average Bonchev–Trinajstić information content (AvgIpc) is 2.82. The van der Waals surface area contributed by atoms with Gasteiger partial charge in [0.2, 0.25) is 0 Å². The summed E-state index contributed by atoms with van der Waals surface area (Å²) >= 11 is 0. The van der Waals surface area contributed by atoms with Gasteiger partial charge in [0.15, 0.2) is 0 Å². The Morgan fingerprint density at radius 3 is 2.76 bits per heavy atom. The molecule has 0 atom stereocenters. The number of azide groups is 1. The van der Waals surface area contributed by atoms with Gasteiger partial charge in [0, 0.05) is 10.5 Å². The topological polar surface area (TPSA) is 61.9 Å². The maximum absolute atomic E-state index is 8.24. The van der Waals surface area contributed by atoms with Crippen LogP contribution in [0.25, 0.3) is 10.4 Å². The van der Waals surface area contributed by atoms with Gasteiger partial charge in [-0.1, -0.05) is 35.2 Å². The van der Waals surface area contributed by atoms with Gasteiger partial charge in [-0.15, -0.1) is 0 Å². The molecule has 0 N–H and O–H groups in total. The van der Waals surface area contributed by atoms with Gasteiger partial charge in [-0.3, -0.25) is 0 Å². The van der Waals surface area contributed by atoms with Crippen LogP contribution in [0, 0.1) is 11.8 Å². The highest BCUT2D eigenvalue weighted by molar-refractivity contribution is 5.43. The molecule has 0 amide bonds. The third kappa shape index (κ3) is 2.91. The van der Waals surface area contributed by atoms with E-state index >= 15 is 0 Å². The van der Waals surface area contributed by atoms with Crippen LogP contribution >= 0.6 is 0 Å². The Morgan fingerprint density at radius 2 is 2.00 bits per heavy atom. The van der Waals surface area contributed by atoms with Crippen molar-refractivity contribution >= 4 is 0 Å². The lowest BCUT2D eigenvalue weighted by Crippen LogP contribution is -1.80. The Labute approximate surface area is 98.5 Å². The molecule has 0 aliphatic rings. The fraction of sp³-hybridized carbons (Fsp3) is 0.0769. The van der Waals surface area contributed by atoms with E-state index in [-0.39, 0.29) is 6.54 Å². The van der Waals surface area contributed by atoms with Crippen molar-refractivity contribution in [2.45, 2.75) is 6.54 Å². The molecule has 1 aromatic heterocycles. The van der Waals surface area contributed by atoms with E-state index in [0.717, 1.165) is 11.1 Å². The van der Waals surface area contributed by atoms with Gasteiger partial charge in [-0.05, 0) is 23.7 Å². The second-order valence-electron chi connectivity index (χ2n) is 3.26. The minimum atomic E-state index is 0.183. The second-order valence-corrected chi connectivity index (χ2v) is 3.26. The average molecular weight is 223 g/mol.